The average Bonchev–Trinajstić information content (AvgIpc) is 2.53. The van der Waals surface area contributed by atoms with Gasteiger partial charge in [-0.1, -0.05) is 0 Å². The molecule has 0 fully saturated rings. The van der Waals surface area contributed by atoms with Crippen molar-refractivity contribution in [3.05, 3.63) is 29.8 Å². The lowest BCUT2D eigenvalue weighted by atomic mass is 10.1. The van der Waals surface area contributed by atoms with Crippen LogP contribution in [-0.4, -0.2) is 48.9 Å². The quantitative estimate of drug-likeness (QED) is 0.801. The molecule has 23 heavy (non-hydrogen) atoms. The molecular formula is C18H29N3O2. The molecule has 2 amide bonds. The molecule has 0 aliphatic heterocycles. The third-order valence-electron chi connectivity index (χ3n) is 3.70. The summed E-state index contributed by atoms with van der Waals surface area (Å²) in [5.41, 5.74) is 1.72. The van der Waals surface area contributed by atoms with Gasteiger partial charge in [-0.3, -0.25) is 9.59 Å². The Bertz CT molecular complexity index is 508. The third-order valence-corrected chi connectivity index (χ3v) is 3.70. The molecule has 0 aromatic heterocycles. The molecule has 0 saturated carbocycles. The summed E-state index contributed by atoms with van der Waals surface area (Å²) in [5.74, 6) is -0.243. The van der Waals surface area contributed by atoms with Gasteiger partial charge in [-0.25, -0.2) is 0 Å². The second kappa shape index (κ2) is 9.18. The van der Waals surface area contributed by atoms with Gasteiger partial charge in [0.05, 0.1) is 6.54 Å². The Morgan fingerprint density at radius 3 is 2.00 bits per heavy atom. The molecular weight excluding hydrogens is 290 g/mol. The lowest BCUT2D eigenvalue weighted by Gasteiger charge is -2.23. The molecule has 1 N–H and O–H groups in total. The normalized spacial score (nSPS) is 10.5. The van der Waals surface area contributed by atoms with E-state index in [-0.39, 0.29) is 24.4 Å². The second-order valence-corrected chi connectivity index (χ2v) is 5.76. The SMILES string of the molecule is CCN(CC(=O)NC(C)C)C(=O)c1ccc(N(CC)CC)cc1. The number of hydrogen-bond donors (Lipinski definition) is 1. The van der Waals surface area contributed by atoms with E-state index >= 15 is 0 Å². The second-order valence-electron chi connectivity index (χ2n) is 5.76. The van der Waals surface area contributed by atoms with Crippen LogP contribution >= 0.6 is 0 Å². The maximum atomic E-state index is 12.5. The van der Waals surface area contributed by atoms with Gasteiger partial charge in [0.25, 0.3) is 5.91 Å². The van der Waals surface area contributed by atoms with Crippen molar-refractivity contribution in [2.24, 2.45) is 0 Å². The summed E-state index contributed by atoms with van der Waals surface area (Å²) < 4.78 is 0. The van der Waals surface area contributed by atoms with E-state index in [0.29, 0.717) is 12.1 Å². The lowest BCUT2D eigenvalue weighted by molar-refractivity contribution is -0.122. The number of hydrogen-bond acceptors (Lipinski definition) is 3. The Hall–Kier alpha value is -2.04. The molecule has 1 rings (SSSR count). The number of benzene rings is 1. The van der Waals surface area contributed by atoms with Gasteiger partial charge in [-0.2, -0.15) is 0 Å². The maximum Gasteiger partial charge on any atom is 0.254 e. The van der Waals surface area contributed by atoms with E-state index in [1.165, 1.54) is 0 Å². The van der Waals surface area contributed by atoms with E-state index in [0.717, 1.165) is 18.8 Å². The van der Waals surface area contributed by atoms with Crippen LogP contribution in [0, 0.1) is 0 Å². The van der Waals surface area contributed by atoms with E-state index < -0.39 is 0 Å². The van der Waals surface area contributed by atoms with Gasteiger partial charge in [0.2, 0.25) is 5.91 Å². The summed E-state index contributed by atoms with van der Waals surface area (Å²) in [6.07, 6.45) is 0. The van der Waals surface area contributed by atoms with Crippen LogP contribution in [0.4, 0.5) is 5.69 Å². The number of carbonyl (C=O) groups is 2. The summed E-state index contributed by atoms with van der Waals surface area (Å²) in [5, 5.41) is 2.81. The highest BCUT2D eigenvalue weighted by Gasteiger charge is 2.17. The standard InChI is InChI=1S/C18H29N3O2/c1-6-20(7-2)16-11-9-15(10-12-16)18(23)21(8-3)13-17(22)19-14(4)5/h9-12,14H,6-8,13H2,1-5H3,(H,19,22). The number of amides is 2. The van der Waals surface area contributed by atoms with Gasteiger partial charge in [0, 0.05) is 36.9 Å². The third kappa shape index (κ3) is 5.58. The minimum Gasteiger partial charge on any atom is -0.372 e. The van der Waals surface area contributed by atoms with Crippen molar-refractivity contribution in [1.29, 1.82) is 0 Å². The summed E-state index contributed by atoms with van der Waals surface area (Å²) in [6, 6.07) is 7.66. The van der Waals surface area contributed by atoms with Crippen molar-refractivity contribution < 1.29 is 9.59 Å². The first-order chi connectivity index (χ1) is 10.9. The Morgan fingerprint density at radius 1 is 1.00 bits per heavy atom. The van der Waals surface area contributed by atoms with Gasteiger partial charge in [0.15, 0.2) is 0 Å². The fourth-order valence-corrected chi connectivity index (χ4v) is 2.45. The summed E-state index contributed by atoms with van der Waals surface area (Å²) in [7, 11) is 0. The molecule has 0 radical (unpaired) electrons. The average molecular weight is 319 g/mol. The smallest absolute Gasteiger partial charge is 0.254 e. The highest BCUT2D eigenvalue weighted by molar-refractivity contribution is 5.96. The van der Waals surface area contributed by atoms with Crippen LogP contribution in [0.15, 0.2) is 24.3 Å². The zero-order chi connectivity index (χ0) is 17.4. The van der Waals surface area contributed by atoms with Crippen LogP contribution in [0.2, 0.25) is 0 Å². The van der Waals surface area contributed by atoms with Gasteiger partial charge < -0.3 is 15.1 Å². The molecule has 0 saturated heterocycles. The number of carbonyl (C=O) groups excluding carboxylic acids is 2. The lowest BCUT2D eigenvalue weighted by Crippen LogP contribution is -2.42. The molecule has 0 bridgehead atoms. The predicted molar refractivity (Wildman–Crippen MR) is 94.9 cm³/mol. The maximum absolute atomic E-state index is 12.5. The first kappa shape index (κ1) is 19.0. The van der Waals surface area contributed by atoms with Crippen molar-refractivity contribution in [2.75, 3.05) is 31.1 Å². The Morgan fingerprint density at radius 2 is 1.57 bits per heavy atom. The number of likely N-dealkylation sites (N-methyl/N-ethyl adjacent to an activating group) is 1. The van der Waals surface area contributed by atoms with Crippen molar-refractivity contribution >= 4 is 17.5 Å². The summed E-state index contributed by atoms with van der Waals surface area (Å²) in [6.45, 7) is 12.4. The molecule has 128 valence electrons. The van der Waals surface area contributed by atoms with Gasteiger partial charge in [-0.05, 0) is 58.9 Å². The van der Waals surface area contributed by atoms with E-state index in [1.54, 1.807) is 4.90 Å². The van der Waals surface area contributed by atoms with E-state index in [2.05, 4.69) is 24.1 Å². The molecule has 0 heterocycles. The molecule has 0 aliphatic rings. The van der Waals surface area contributed by atoms with Crippen molar-refractivity contribution in [3.63, 3.8) is 0 Å². The monoisotopic (exact) mass is 319 g/mol. The van der Waals surface area contributed by atoms with Crippen molar-refractivity contribution in [1.82, 2.24) is 10.2 Å². The van der Waals surface area contributed by atoms with Gasteiger partial charge in [0.1, 0.15) is 0 Å². The molecule has 5 heteroatoms. The number of anilines is 1. The molecule has 1 aromatic carbocycles. The molecule has 1 aromatic rings. The van der Waals surface area contributed by atoms with Crippen LogP contribution < -0.4 is 10.2 Å². The zero-order valence-electron chi connectivity index (χ0n) is 14.9. The molecule has 0 atom stereocenters. The van der Waals surface area contributed by atoms with E-state index in [1.807, 2.05) is 45.0 Å². The van der Waals surface area contributed by atoms with Gasteiger partial charge in [-0.15, -0.1) is 0 Å². The minimum atomic E-state index is -0.130. The topological polar surface area (TPSA) is 52.7 Å². The van der Waals surface area contributed by atoms with Crippen LogP contribution in [0.25, 0.3) is 0 Å². The fraction of sp³-hybridized carbons (Fsp3) is 0.556. The van der Waals surface area contributed by atoms with E-state index in [4.69, 9.17) is 0 Å². The number of nitrogens with one attached hydrogen (secondary N) is 1. The minimum absolute atomic E-state index is 0.0738. The molecule has 0 unspecified atom stereocenters. The largest absolute Gasteiger partial charge is 0.372 e. The Labute approximate surface area is 139 Å². The molecule has 0 spiro atoms. The number of rotatable bonds is 8. The first-order valence-electron chi connectivity index (χ1n) is 8.36. The van der Waals surface area contributed by atoms with Gasteiger partial charge >= 0.3 is 0 Å². The predicted octanol–water partition coefficient (Wildman–Crippen LogP) is 2.52. The Kier molecular flexibility index (Phi) is 7.59. The van der Waals surface area contributed by atoms with Crippen molar-refractivity contribution in [3.8, 4) is 0 Å². The van der Waals surface area contributed by atoms with E-state index in [9.17, 15) is 9.59 Å². The fourth-order valence-electron chi connectivity index (χ4n) is 2.45. The summed E-state index contributed by atoms with van der Waals surface area (Å²) >= 11 is 0. The first-order valence-corrected chi connectivity index (χ1v) is 8.36. The van der Waals surface area contributed by atoms with Crippen LogP contribution in [0.5, 0.6) is 0 Å². The highest BCUT2D eigenvalue weighted by atomic mass is 16.2. The number of nitrogens with zero attached hydrogens (tertiary/aromatic N) is 2. The zero-order valence-corrected chi connectivity index (χ0v) is 14.9. The van der Waals surface area contributed by atoms with Crippen LogP contribution in [0.1, 0.15) is 45.0 Å². The Balaban J connectivity index is 2.79. The van der Waals surface area contributed by atoms with Crippen molar-refractivity contribution in [2.45, 2.75) is 40.7 Å². The molecule has 5 nitrogen and oxygen atoms in total. The van der Waals surface area contributed by atoms with Crippen LogP contribution in [0.3, 0.4) is 0 Å². The summed E-state index contributed by atoms with van der Waals surface area (Å²) in [4.78, 5) is 28.2. The molecule has 0 aliphatic carbocycles. The highest BCUT2D eigenvalue weighted by Crippen LogP contribution is 2.16. The van der Waals surface area contributed by atoms with Crippen LogP contribution in [-0.2, 0) is 4.79 Å².